The van der Waals surface area contributed by atoms with Crippen LogP contribution in [0.4, 0.5) is 5.69 Å². The molecule has 1 aliphatic rings. The molecule has 0 bridgehead atoms. The molecule has 4 nitrogen and oxygen atoms in total. The molecule has 2 rings (SSSR count). The maximum atomic E-state index is 11.8. The predicted octanol–water partition coefficient (Wildman–Crippen LogP) is 2.80. The highest BCUT2D eigenvalue weighted by Gasteiger charge is 2.17. The first-order valence-electron chi connectivity index (χ1n) is 6.59. The summed E-state index contributed by atoms with van der Waals surface area (Å²) in [5.41, 5.74) is 8.32. The van der Waals surface area contributed by atoms with E-state index in [4.69, 9.17) is 10.5 Å². The van der Waals surface area contributed by atoms with Crippen molar-refractivity contribution in [2.75, 3.05) is 25.4 Å². The molecule has 1 aromatic carbocycles. The van der Waals surface area contributed by atoms with E-state index in [2.05, 4.69) is 20.8 Å². The number of nitrogens with zero attached hydrogens (tertiary/aromatic N) is 1. The standard InChI is InChI=1S/C14H19BrN2O2/c1-2-19-14(18)10-7-11(13(16)12(15)8-10)9-17-5-3-4-6-17/h7-8H,2-6,9,16H2,1H3. The molecule has 0 aliphatic carbocycles. The molecule has 0 atom stereocenters. The van der Waals surface area contributed by atoms with E-state index in [9.17, 15) is 4.79 Å². The van der Waals surface area contributed by atoms with Gasteiger partial charge in [0.25, 0.3) is 0 Å². The van der Waals surface area contributed by atoms with Crippen LogP contribution in [0.3, 0.4) is 0 Å². The second-order valence-electron chi connectivity index (χ2n) is 4.73. The summed E-state index contributed by atoms with van der Waals surface area (Å²) < 4.78 is 5.79. The van der Waals surface area contributed by atoms with Crippen LogP contribution < -0.4 is 5.73 Å². The zero-order chi connectivity index (χ0) is 13.8. The predicted molar refractivity (Wildman–Crippen MR) is 79.0 cm³/mol. The third kappa shape index (κ3) is 3.48. The van der Waals surface area contributed by atoms with Gasteiger partial charge < -0.3 is 10.5 Å². The van der Waals surface area contributed by atoms with Crippen molar-refractivity contribution in [2.24, 2.45) is 0 Å². The Morgan fingerprint density at radius 2 is 2.11 bits per heavy atom. The first kappa shape index (κ1) is 14.3. The number of hydrogen-bond acceptors (Lipinski definition) is 4. The van der Waals surface area contributed by atoms with Crippen LogP contribution in [0.1, 0.15) is 35.7 Å². The lowest BCUT2D eigenvalue weighted by Crippen LogP contribution is -2.20. The number of carbonyl (C=O) groups excluding carboxylic acids is 1. The molecule has 104 valence electrons. The molecule has 0 unspecified atom stereocenters. The zero-order valence-electron chi connectivity index (χ0n) is 11.1. The second kappa shape index (κ2) is 6.39. The van der Waals surface area contributed by atoms with E-state index in [-0.39, 0.29) is 5.97 Å². The number of nitrogen functional groups attached to an aromatic ring is 1. The van der Waals surface area contributed by atoms with Crippen LogP contribution in [0.15, 0.2) is 16.6 Å². The van der Waals surface area contributed by atoms with E-state index in [1.54, 1.807) is 13.0 Å². The van der Waals surface area contributed by atoms with Gasteiger partial charge in [-0.2, -0.15) is 0 Å². The van der Waals surface area contributed by atoms with Crippen LogP contribution in [-0.2, 0) is 11.3 Å². The Hall–Kier alpha value is -1.07. The van der Waals surface area contributed by atoms with Gasteiger partial charge in [0.2, 0.25) is 0 Å². The van der Waals surface area contributed by atoms with Crippen LogP contribution in [0, 0.1) is 0 Å². The van der Waals surface area contributed by atoms with E-state index in [0.29, 0.717) is 17.9 Å². The number of carbonyl (C=O) groups is 1. The van der Waals surface area contributed by atoms with Crippen LogP contribution >= 0.6 is 15.9 Å². The van der Waals surface area contributed by atoms with Gasteiger partial charge in [0.15, 0.2) is 0 Å². The Labute approximate surface area is 122 Å². The van der Waals surface area contributed by atoms with Gasteiger partial charge in [-0.25, -0.2) is 4.79 Å². The zero-order valence-corrected chi connectivity index (χ0v) is 12.7. The average Bonchev–Trinajstić information content (AvgIpc) is 2.88. The highest BCUT2D eigenvalue weighted by Crippen LogP contribution is 2.28. The van der Waals surface area contributed by atoms with E-state index in [1.807, 2.05) is 6.07 Å². The van der Waals surface area contributed by atoms with Crippen molar-refractivity contribution in [3.63, 3.8) is 0 Å². The number of halogens is 1. The van der Waals surface area contributed by atoms with E-state index < -0.39 is 0 Å². The summed E-state index contributed by atoms with van der Waals surface area (Å²) in [4.78, 5) is 14.2. The van der Waals surface area contributed by atoms with Crippen molar-refractivity contribution in [1.82, 2.24) is 4.90 Å². The molecule has 19 heavy (non-hydrogen) atoms. The normalized spacial score (nSPS) is 15.7. The summed E-state index contributed by atoms with van der Waals surface area (Å²) in [5, 5.41) is 0. The van der Waals surface area contributed by atoms with Crippen molar-refractivity contribution in [3.8, 4) is 0 Å². The van der Waals surface area contributed by atoms with Crippen LogP contribution in [-0.4, -0.2) is 30.6 Å². The van der Waals surface area contributed by atoms with Crippen molar-refractivity contribution < 1.29 is 9.53 Å². The van der Waals surface area contributed by atoms with Crippen molar-refractivity contribution >= 4 is 27.6 Å². The number of hydrogen-bond donors (Lipinski definition) is 1. The summed E-state index contributed by atoms with van der Waals surface area (Å²) >= 11 is 3.41. The Bertz CT molecular complexity index is 471. The van der Waals surface area contributed by atoms with Gasteiger partial charge >= 0.3 is 5.97 Å². The molecule has 1 heterocycles. The number of nitrogens with two attached hydrogens (primary N) is 1. The molecule has 1 aliphatic heterocycles. The number of anilines is 1. The maximum absolute atomic E-state index is 11.8. The van der Waals surface area contributed by atoms with Gasteiger partial charge in [0.1, 0.15) is 0 Å². The molecular formula is C14H19BrN2O2. The third-order valence-corrected chi connectivity index (χ3v) is 3.98. The van der Waals surface area contributed by atoms with Crippen LogP contribution in [0.25, 0.3) is 0 Å². The van der Waals surface area contributed by atoms with E-state index in [1.165, 1.54) is 12.8 Å². The Kier molecular flexibility index (Phi) is 4.82. The number of esters is 1. The number of likely N-dealkylation sites (tertiary alicyclic amines) is 1. The van der Waals surface area contributed by atoms with Gasteiger partial charge in [-0.05, 0) is 66.5 Å². The number of rotatable bonds is 4. The second-order valence-corrected chi connectivity index (χ2v) is 5.59. The Morgan fingerprint density at radius 1 is 1.42 bits per heavy atom. The minimum atomic E-state index is -0.300. The summed E-state index contributed by atoms with van der Waals surface area (Å²) in [6.07, 6.45) is 2.47. The van der Waals surface area contributed by atoms with Gasteiger partial charge in [0.05, 0.1) is 17.9 Å². The van der Waals surface area contributed by atoms with Gasteiger partial charge in [-0.1, -0.05) is 0 Å². The van der Waals surface area contributed by atoms with E-state index >= 15 is 0 Å². The minimum absolute atomic E-state index is 0.300. The molecule has 2 N–H and O–H groups in total. The largest absolute Gasteiger partial charge is 0.462 e. The monoisotopic (exact) mass is 326 g/mol. The number of ether oxygens (including phenoxy) is 1. The third-order valence-electron chi connectivity index (χ3n) is 3.32. The van der Waals surface area contributed by atoms with Gasteiger partial charge in [-0.3, -0.25) is 4.90 Å². The van der Waals surface area contributed by atoms with Gasteiger partial charge in [-0.15, -0.1) is 0 Å². The lowest BCUT2D eigenvalue weighted by atomic mass is 10.1. The van der Waals surface area contributed by atoms with Crippen molar-refractivity contribution in [3.05, 3.63) is 27.7 Å². The lowest BCUT2D eigenvalue weighted by Gasteiger charge is -2.17. The Balaban J connectivity index is 2.23. The maximum Gasteiger partial charge on any atom is 0.338 e. The fraction of sp³-hybridized carbons (Fsp3) is 0.500. The minimum Gasteiger partial charge on any atom is -0.462 e. The molecule has 0 radical (unpaired) electrons. The quantitative estimate of drug-likeness (QED) is 0.682. The molecule has 0 amide bonds. The Morgan fingerprint density at radius 3 is 2.74 bits per heavy atom. The molecule has 0 saturated carbocycles. The molecule has 0 aromatic heterocycles. The first-order valence-corrected chi connectivity index (χ1v) is 7.38. The van der Waals surface area contributed by atoms with Crippen LogP contribution in [0.5, 0.6) is 0 Å². The van der Waals surface area contributed by atoms with Crippen LogP contribution in [0.2, 0.25) is 0 Å². The summed E-state index contributed by atoms with van der Waals surface area (Å²) in [6.45, 7) is 5.16. The molecule has 5 heteroatoms. The molecular weight excluding hydrogens is 308 g/mol. The molecule has 1 aromatic rings. The fourth-order valence-electron chi connectivity index (χ4n) is 2.32. The average molecular weight is 327 g/mol. The number of benzene rings is 1. The molecule has 0 spiro atoms. The highest BCUT2D eigenvalue weighted by atomic mass is 79.9. The molecule has 1 fully saturated rings. The summed E-state index contributed by atoms with van der Waals surface area (Å²) in [6, 6.07) is 3.57. The summed E-state index contributed by atoms with van der Waals surface area (Å²) in [7, 11) is 0. The fourth-order valence-corrected chi connectivity index (χ4v) is 2.82. The summed E-state index contributed by atoms with van der Waals surface area (Å²) in [5.74, 6) is -0.300. The smallest absolute Gasteiger partial charge is 0.338 e. The topological polar surface area (TPSA) is 55.6 Å². The van der Waals surface area contributed by atoms with Crippen molar-refractivity contribution in [1.29, 1.82) is 0 Å². The lowest BCUT2D eigenvalue weighted by molar-refractivity contribution is 0.0526. The van der Waals surface area contributed by atoms with Crippen molar-refractivity contribution in [2.45, 2.75) is 26.3 Å². The highest BCUT2D eigenvalue weighted by molar-refractivity contribution is 9.10. The van der Waals surface area contributed by atoms with Gasteiger partial charge in [0, 0.05) is 11.0 Å². The molecule has 1 saturated heterocycles. The first-order chi connectivity index (χ1) is 9.11. The van der Waals surface area contributed by atoms with E-state index in [0.717, 1.165) is 29.7 Å². The SMILES string of the molecule is CCOC(=O)c1cc(Br)c(N)c(CN2CCCC2)c1.